The minimum Gasteiger partial charge on any atom is -0.399 e. The number of anilines is 1. The van der Waals surface area contributed by atoms with Gasteiger partial charge in [-0.1, -0.05) is 12.1 Å². The number of nitrogen functional groups attached to an aromatic ring is 1. The maximum Gasteiger partial charge on any atom is 0.224 e. The molecule has 0 saturated heterocycles. The summed E-state index contributed by atoms with van der Waals surface area (Å²) in [5.41, 5.74) is 7.32. The second-order valence-corrected chi connectivity index (χ2v) is 4.74. The van der Waals surface area contributed by atoms with E-state index in [4.69, 9.17) is 10.5 Å². The third-order valence-corrected chi connectivity index (χ3v) is 3.18. The first-order valence-electron chi connectivity index (χ1n) is 6.42. The van der Waals surface area contributed by atoms with Crippen molar-refractivity contribution < 1.29 is 9.53 Å². The Balaban J connectivity index is 1.73. The van der Waals surface area contributed by atoms with Gasteiger partial charge in [0.25, 0.3) is 0 Å². The van der Waals surface area contributed by atoms with Gasteiger partial charge in [0.15, 0.2) is 0 Å². The Kier molecular flexibility index (Phi) is 4.20. The number of hydrogen-bond donors (Lipinski definition) is 2. The summed E-state index contributed by atoms with van der Waals surface area (Å²) in [5.74, 6) is 0.0561. The Morgan fingerprint density at radius 3 is 2.94 bits per heavy atom. The molecule has 4 heteroatoms. The van der Waals surface area contributed by atoms with E-state index in [0.717, 1.165) is 25.0 Å². The number of hydrogen-bond acceptors (Lipinski definition) is 3. The van der Waals surface area contributed by atoms with Crippen molar-refractivity contribution in [2.75, 3.05) is 12.3 Å². The molecule has 1 aromatic rings. The zero-order valence-corrected chi connectivity index (χ0v) is 10.7. The van der Waals surface area contributed by atoms with Crippen LogP contribution in [0.15, 0.2) is 24.3 Å². The monoisotopic (exact) mass is 248 g/mol. The Bertz CT molecular complexity index is 414. The van der Waals surface area contributed by atoms with E-state index in [1.807, 2.05) is 31.2 Å². The van der Waals surface area contributed by atoms with Gasteiger partial charge in [-0.05, 0) is 37.5 Å². The number of nitrogens with one attached hydrogen (secondary N) is 1. The van der Waals surface area contributed by atoms with Gasteiger partial charge in [-0.15, -0.1) is 0 Å². The molecule has 3 N–H and O–H groups in total. The molecule has 1 saturated carbocycles. The lowest BCUT2D eigenvalue weighted by Crippen LogP contribution is -2.48. The lowest BCUT2D eigenvalue weighted by molar-refractivity contribution is -0.123. The second kappa shape index (κ2) is 5.87. The molecule has 1 aliphatic carbocycles. The van der Waals surface area contributed by atoms with Crippen LogP contribution in [0, 0.1) is 0 Å². The summed E-state index contributed by atoms with van der Waals surface area (Å²) in [5, 5.41) is 3.01. The second-order valence-electron chi connectivity index (χ2n) is 4.74. The number of nitrogens with two attached hydrogens (primary N) is 1. The average molecular weight is 248 g/mol. The average Bonchev–Trinajstić information content (AvgIpc) is 2.26. The number of amides is 1. The van der Waals surface area contributed by atoms with E-state index in [0.29, 0.717) is 18.2 Å². The Hall–Kier alpha value is -1.55. The van der Waals surface area contributed by atoms with Crippen molar-refractivity contribution >= 4 is 11.6 Å². The molecule has 0 aliphatic heterocycles. The van der Waals surface area contributed by atoms with Gasteiger partial charge in [-0.25, -0.2) is 0 Å². The number of carbonyl (C=O) groups excluding carboxylic acids is 1. The van der Waals surface area contributed by atoms with Crippen LogP contribution in [0.2, 0.25) is 0 Å². The van der Waals surface area contributed by atoms with Crippen molar-refractivity contribution in [3.8, 4) is 0 Å². The van der Waals surface area contributed by atoms with E-state index in [9.17, 15) is 4.79 Å². The van der Waals surface area contributed by atoms with Gasteiger partial charge in [0, 0.05) is 18.3 Å². The summed E-state index contributed by atoms with van der Waals surface area (Å²) in [4.78, 5) is 11.8. The quantitative estimate of drug-likeness (QED) is 0.776. The molecule has 0 unspecified atom stereocenters. The summed E-state index contributed by atoms with van der Waals surface area (Å²) >= 11 is 0. The molecule has 18 heavy (non-hydrogen) atoms. The summed E-state index contributed by atoms with van der Waals surface area (Å²) in [6.45, 7) is 2.74. The van der Waals surface area contributed by atoms with E-state index >= 15 is 0 Å². The third-order valence-electron chi connectivity index (χ3n) is 3.18. The van der Waals surface area contributed by atoms with Crippen LogP contribution in [0.5, 0.6) is 0 Å². The first-order valence-corrected chi connectivity index (χ1v) is 6.42. The summed E-state index contributed by atoms with van der Waals surface area (Å²) < 4.78 is 5.46. The van der Waals surface area contributed by atoms with Gasteiger partial charge in [0.2, 0.25) is 5.91 Å². The Labute approximate surface area is 108 Å². The van der Waals surface area contributed by atoms with Crippen molar-refractivity contribution in [2.45, 2.75) is 38.3 Å². The number of ether oxygens (including phenoxy) is 1. The molecule has 1 aromatic carbocycles. The topological polar surface area (TPSA) is 64.3 Å². The SMILES string of the molecule is CCOC1CC(NC(=O)Cc2cccc(N)c2)C1. The number of carbonyl (C=O) groups is 1. The Morgan fingerprint density at radius 2 is 2.28 bits per heavy atom. The van der Waals surface area contributed by atoms with Gasteiger partial charge < -0.3 is 15.8 Å². The van der Waals surface area contributed by atoms with Crippen LogP contribution in [0.4, 0.5) is 5.69 Å². The van der Waals surface area contributed by atoms with Gasteiger partial charge in [0.1, 0.15) is 0 Å². The molecule has 2 rings (SSSR count). The van der Waals surface area contributed by atoms with E-state index in [2.05, 4.69) is 5.32 Å². The highest BCUT2D eigenvalue weighted by molar-refractivity contribution is 5.79. The summed E-state index contributed by atoms with van der Waals surface area (Å²) in [6.07, 6.45) is 2.57. The van der Waals surface area contributed by atoms with E-state index in [-0.39, 0.29) is 11.9 Å². The normalized spacial score (nSPS) is 22.3. The largest absolute Gasteiger partial charge is 0.399 e. The molecule has 0 heterocycles. The highest BCUT2D eigenvalue weighted by Gasteiger charge is 2.30. The van der Waals surface area contributed by atoms with E-state index < -0.39 is 0 Å². The van der Waals surface area contributed by atoms with Crippen LogP contribution in [0.3, 0.4) is 0 Å². The molecule has 0 bridgehead atoms. The number of benzene rings is 1. The van der Waals surface area contributed by atoms with Crippen LogP contribution in [0.25, 0.3) is 0 Å². The molecule has 4 nitrogen and oxygen atoms in total. The highest BCUT2D eigenvalue weighted by atomic mass is 16.5. The van der Waals surface area contributed by atoms with Crippen LogP contribution in [-0.2, 0) is 16.0 Å². The maximum atomic E-state index is 11.8. The zero-order valence-electron chi connectivity index (χ0n) is 10.7. The minimum absolute atomic E-state index is 0.0561. The van der Waals surface area contributed by atoms with Crippen molar-refractivity contribution in [1.82, 2.24) is 5.32 Å². The van der Waals surface area contributed by atoms with Gasteiger partial charge in [0.05, 0.1) is 12.5 Å². The predicted molar refractivity (Wildman–Crippen MR) is 71.1 cm³/mol. The minimum atomic E-state index is 0.0561. The lowest BCUT2D eigenvalue weighted by atomic mass is 9.89. The first-order chi connectivity index (χ1) is 8.67. The van der Waals surface area contributed by atoms with E-state index in [1.54, 1.807) is 0 Å². The molecule has 0 radical (unpaired) electrons. The van der Waals surface area contributed by atoms with Crippen molar-refractivity contribution in [3.63, 3.8) is 0 Å². The fourth-order valence-corrected chi connectivity index (χ4v) is 2.22. The van der Waals surface area contributed by atoms with Gasteiger partial charge in [-0.3, -0.25) is 4.79 Å². The fourth-order valence-electron chi connectivity index (χ4n) is 2.22. The molecule has 0 atom stereocenters. The standard InChI is InChI=1S/C14H20N2O2/c1-2-18-13-8-12(9-13)16-14(17)7-10-4-3-5-11(15)6-10/h3-6,12-13H,2,7-9,15H2,1H3,(H,16,17). The van der Waals surface area contributed by atoms with Crippen LogP contribution in [-0.4, -0.2) is 24.7 Å². The van der Waals surface area contributed by atoms with Crippen LogP contribution in [0.1, 0.15) is 25.3 Å². The van der Waals surface area contributed by atoms with Gasteiger partial charge >= 0.3 is 0 Å². The van der Waals surface area contributed by atoms with Crippen LogP contribution < -0.4 is 11.1 Å². The maximum absolute atomic E-state index is 11.8. The Morgan fingerprint density at radius 1 is 1.50 bits per heavy atom. The van der Waals surface area contributed by atoms with Crippen molar-refractivity contribution in [2.24, 2.45) is 0 Å². The predicted octanol–water partition coefficient (Wildman–Crippen LogP) is 1.49. The summed E-state index contributed by atoms with van der Waals surface area (Å²) in [6, 6.07) is 7.71. The third kappa shape index (κ3) is 3.47. The lowest BCUT2D eigenvalue weighted by Gasteiger charge is -2.35. The molecular formula is C14H20N2O2. The van der Waals surface area contributed by atoms with Crippen molar-refractivity contribution in [3.05, 3.63) is 29.8 Å². The number of rotatable bonds is 5. The molecule has 0 spiro atoms. The van der Waals surface area contributed by atoms with E-state index in [1.165, 1.54) is 0 Å². The molecule has 1 fully saturated rings. The molecule has 1 aliphatic rings. The van der Waals surface area contributed by atoms with Crippen molar-refractivity contribution in [1.29, 1.82) is 0 Å². The smallest absolute Gasteiger partial charge is 0.224 e. The van der Waals surface area contributed by atoms with Gasteiger partial charge in [-0.2, -0.15) is 0 Å². The first kappa shape index (κ1) is 12.9. The zero-order chi connectivity index (χ0) is 13.0. The molecule has 1 amide bonds. The molecule has 0 aromatic heterocycles. The highest BCUT2D eigenvalue weighted by Crippen LogP contribution is 2.23. The molecule has 98 valence electrons. The summed E-state index contributed by atoms with van der Waals surface area (Å²) in [7, 11) is 0. The fraction of sp³-hybridized carbons (Fsp3) is 0.500. The molecular weight excluding hydrogens is 228 g/mol. The van der Waals surface area contributed by atoms with Crippen LogP contribution >= 0.6 is 0 Å².